The first-order valence-electron chi connectivity index (χ1n) is 5.43. The van der Waals surface area contributed by atoms with E-state index in [1.807, 2.05) is 48.5 Å². The van der Waals surface area contributed by atoms with Crippen LogP contribution in [0.5, 0.6) is 5.75 Å². The molecule has 0 heterocycles. The Morgan fingerprint density at radius 2 is 1.94 bits per heavy atom. The number of benzene rings is 2. The number of hydrogen-bond acceptors (Lipinski definition) is 2. The van der Waals surface area contributed by atoms with Gasteiger partial charge < -0.3 is 10.5 Å². The molecule has 0 aliphatic rings. The van der Waals surface area contributed by atoms with Gasteiger partial charge in [0.2, 0.25) is 0 Å². The molecule has 0 aliphatic carbocycles. The lowest BCUT2D eigenvalue weighted by Crippen LogP contribution is -2.09. The summed E-state index contributed by atoms with van der Waals surface area (Å²) in [4.78, 5) is 0.401. The standard InChI is InChI=1S/C14H12BrNOS/c15-12-6-1-2-7-13(12)17-9-10-4-3-5-11(8-10)14(16)18/h1-8H,9H2,(H2,16,18). The predicted molar refractivity (Wildman–Crippen MR) is 80.8 cm³/mol. The van der Waals surface area contributed by atoms with E-state index in [1.165, 1.54) is 0 Å². The summed E-state index contributed by atoms with van der Waals surface area (Å²) in [6.07, 6.45) is 0. The van der Waals surface area contributed by atoms with Gasteiger partial charge in [-0.05, 0) is 39.7 Å². The van der Waals surface area contributed by atoms with Gasteiger partial charge in [-0.3, -0.25) is 0 Å². The fourth-order valence-corrected chi connectivity index (χ4v) is 2.06. The zero-order chi connectivity index (χ0) is 13.0. The van der Waals surface area contributed by atoms with Gasteiger partial charge in [-0.2, -0.15) is 0 Å². The minimum absolute atomic E-state index is 0.401. The topological polar surface area (TPSA) is 35.2 Å². The van der Waals surface area contributed by atoms with Gasteiger partial charge in [0.05, 0.1) is 4.47 Å². The number of halogens is 1. The second kappa shape index (κ2) is 5.98. The van der Waals surface area contributed by atoms with E-state index in [0.29, 0.717) is 11.6 Å². The van der Waals surface area contributed by atoms with Gasteiger partial charge in [0, 0.05) is 5.56 Å². The van der Waals surface area contributed by atoms with Crippen LogP contribution in [0.1, 0.15) is 11.1 Å². The van der Waals surface area contributed by atoms with E-state index in [-0.39, 0.29) is 0 Å². The van der Waals surface area contributed by atoms with E-state index < -0.39 is 0 Å². The Balaban J connectivity index is 2.09. The third kappa shape index (κ3) is 3.31. The SMILES string of the molecule is NC(=S)c1cccc(COc2ccccc2Br)c1. The van der Waals surface area contributed by atoms with Crippen LogP contribution < -0.4 is 10.5 Å². The summed E-state index contributed by atoms with van der Waals surface area (Å²) in [7, 11) is 0. The van der Waals surface area contributed by atoms with Crippen LogP contribution in [0, 0.1) is 0 Å². The summed E-state index contributed by atoms with van der Waals surface area (Å²) >= 11 is 8.39. The van der Waals surface area contributed by atoms with Crippen LogP contribution in [0.2, 0.25) is 0 Å². The van der Waals surface area contributed by atoms with Crippen molar-refractivity contribution < 1.29 is 4.74 Å². The fraction of sp³-hybridized carbons (Fsp3) is 0.0714. The maximum absolute atomic E-state index is 5.73. The van der Waals surface area contributed by atoms with Crippen molar-refractivity contribution in [2.24, 2.45) is 5.73 Å². The van der Waals surface area contributed by atoms with Gasteiger partial charge in [-0.1, -0.05) is 42.5 Å². The van der Waals surface area contributed by atoms with Crippen molar-refractivity contribution in [1.29, 1.82) is 0 Å². The minimum atomic E-state index is 0.401. The van der Waals surface area contributed by atoms with Gasteiger partial charge in [0.25, 0.3) is 0 Å². The van der Waals surface area contributed by atoms with Gasteiger partial charge >= 0.3 is 0 Å². The van der Waals surface area contributed by atoms with Gasteiger partial charge in [0.1, 0.15) is 17.3 Å². The number of nitrogens with two attached hydrogens (primary N) is 1. The molecule has 0 saturated carbocycles. The molecule has 0 unspecified atom stereocenters. The van der Waals surface area contributed by atoms with Crippen LogP contribution in [0.4, 0.5) is 0 Å². The molecular weight excluding hydrogens is 310 g/mol. The van der Waals surface area contributed by atoms with Gasteiger partial charge in [-0.25, -0.2) is 0 Å². The maximum Gasteiger partial charge on any atom is 0.133 e. The summed E-state index contributed by atoms with van der Waals surface area (Å²) in [6, 6.07) is 15.5. The Morgan fingerprint density at radius 3 is 2.67 bits per heavy atom. The van der Waals surface area contributed by atoms with Crippen LogP contribution in [-0.2, 0) is 6.61 Å². The number of hydrogen-bond donors (Lipinski definition) is 1. The molecule has 92 valence electrons. The van der Waals surface area contributed by atoms with Crippen LogP contribution in [-0.4, -0.2) is 4.99 Å². The fourth-order valence-electron chi connectivity index (χ4n) is 1.54. The molecule has 0 fully saturated rings. The molecule has 0 aliphatic heterocycles. The molecule has 0 atom stereocenters. The monoisotopic (exact) mass is 321 g/mol. The average molecular weight is 322 g/mol. The molecule has 0 aromatic heterocycles. The van der Waals surface area contributed by atoms with Crippen molar-refractivity contribution in [2.45, 2.75) is 6.61 Å². The average Bonchev–Trinajstić information content (AvgIpc) is 2.38. The Morgan fingerprint density at radius 1 is 1.17 bits per heavy atom. The smallest absolute Gasteiger partial charge is 0.133 e. The molecular formula is C14H12BrNOS. The first-order valence-corrected chi connectivity index (χ1v) is 6.63. The molecule has 0 bridgehead atoms. The van der Waals surface area contributed by atoms with Gasteiger partial charge in [0.15, 0.2) is 0 Å². The van der Waals surface area contributed by atoms with E-state index in [4.69, 9.17) is 22.7 Å². The van der Waals surface area contributed by atoms with Crippen molar-refractivity contribution in [3.05, 3.63) is 64.1 Å². The van der Waals surface area contributed by atoms with Crippen LogP contribution in [0.25, 0.3) is 0 Å². The molecule has 2 N–H and O–H groups in total. The van der Waals surface area contributed by atoms with Crippen LogP contribution in [0.15, 0.2) is 53.0 Å². The number of thiocarbonyl (C=S) groups is 1. The number of ether oxygens (including phenoxy) is 1. The normalized spacial score (nSPS) is 10.1. The lowest BCUT2D eigenvalue weighted by molar-refractivity contribution is 0.304. The van der Waals surface area contributed by atoms with Crippen LogP contribution >= 0.6 is 28.1 Å². The van der Waals surface area contributed by atoms with Crippen LogP contribution in [0.3, 0.4) is 0 Å². The van der Waals surface area contributed by atoms with Crippen molar-refractivity contribution >= 4 is 33.1 Å². The van der Waals surface area contributed by atoms with Crippen molar-refractivity contribution in [3.8, 4) is 5.75 Å². The largest absolute Gasteiger partial charge is 0.488 e. The maximum atomic E-state index is 5.73. The summed E-state index contributed by atoms with van der Waals surface area (Å²) in [5.41, 5.74) is 7.49. The molecule has 0 amide bonds. The summed E-state index contributed by atoms with van der Waals surface area (Å²) in [5.74, 6) is 0.818. The molecule has 2 aromatic rings. The molecule has 18 heavy (non-hydrogen) atoms. The summed E-state index contributed by atoms with van der Waals surface area (Å²) in [5, 5.41) is 0. The lowest BCUT2D eigenvalue weighted by Gasteiger charge is -2.08. The van der Waals surface area contributed by atoms with Crippen molar-refractivity contribution in [1.82, 2.24) is 0 Å². The third-order valence-corrected chi connectivity index (χ3v) is 3.33. The van der Waals surface area contributed by atoms with E-state index in [1.54, 1.807) is 0 Å². The second-order valence-electron chi connectivity index (χ2n) is 3.78. The third-order valence-electron chi connectivity index (χ3n) is 2.44. The Labute approximate surface area is 120 Å². The van der Waals surface area contributed by atoms with Gasteiger partial charge in [-0.15, -0.1) is 0 Å². The summed E-state index contributed by atoms with van der Waals surface area (Å²) in [6.45, 7) is 0.485. The lowest BCUT2D eigenvalue weighted by atomic mass is 10.1. The zero-order valence-electron chi connectivity index (χ0n) is 9.60. The Hall–Kier alpha value is -1.39. The zero-order valence-corrected chi connectivity index (χ0v) is 12.0. The van der Waals surface area contributed by atoms with Crippen molar-refractivity contribution in [3.63, 3.8) is 0 Å². The van der Waals surface area contributed by atoms with E-state index >= 15 is 0 Å². The molecule has 0 spiro atoms. The molecule has 2 rings (SSSR count). The first-order chi connectivity index (χ1) is 8.66. The minimum Gasteiger partial charge on any atom is -0.488 e. The Bertz CT molecular complexity index is 571. The van der Waals surface area contributed by atoms with E-state index in [2.05, 4.69) is 15.9 Å². The predicted octanol–water partition coefficient (Wildman–Crippen LogP) is 3.66. The van der Waals surface area contributed by atoms with E-state index in [0.717, 1.165) is 21.3 Å². The quantitative estimate of drug-likeness (QED) is 0.873. The summed E-state index contributed by atoms with van der Waals surface area (Å²) < 4.78 is 6.67. The Kier molecular flexibility index (Phi) is 4.33. The van der Waals surface area contributed by atoms with Crippen molar-refractivity contribution in [2.75, 3.05) is 0 Å². The molecule has 0 saturated heterocycles. The highest BCUT2D eigenvalue weighted by Gasteiger charge is 2.02. The number of para-hydroxylation sites is 1. The van der Waals surface area contributed by atoms with E-state index in [9.17, 15) is 0 Å². The second-order valence-corrected chi connectivity index (χ2v) is 5.08. The highest BCUT2D eigenvalue weighted by Crippen LogP contribution is 2.24. The number of rotatable bonds is 4. The highest BCUT2D eigenvalue weighted by atomic mass is 79.9. The first kappa shape index (κ1) is 13.1. The highest BCUT2D eigenvalue weighted by molar-refractivity contribution is 9.10. The molecule has 2 aromatic carbocycles. The molecule has 0 radical (unpaired) electrons. The molecule has 2 nitrogen and oxygen atoms in total. The molecule has 4 heteroatoms.